The summed E-state index contributed by atoms with van der Waals surface area (Å²) in [6.45, 7) is 4.35. The number of aliphatic carboxylic acids is 1. The molecule has 0 saturated carbocycles. The van der Waals surface area contributed by atoms with Gasteiger partial charge in [-0.1, -0.05) is 42.5 Å². The van der Waals surface area contributed by atoms with E-state index < -0.39 is 12.1 Å². The van der Waals surface area contributed by atoms with E-state index in [-0.39, 0.29) is 6.42 Å². The summed E-state index contributed by atoms with van der Waals surface area (Å²) in [6, 6.07) is 16.8. The number of oxazole rings is 1. The number of ether oxygens (including phenoxy) is 2. The summed E-state index contributed by atoms with van der Waals surface area (Å²) >= 11 is 0. The molecule has 0 aliphatic carbocycles. The summed E-state index contributed by atoms with van der Waals surface area (Å²) in [7, 11) is 0. The minimum absolute atomic E-state index is 0.230. The molecule has 0 spiro atoms. The van der Waals surface area contributed by atoms with Gasteiger partial charge in [0.05, 0.1) is 6.61 Å². The first-order valence-corrected chi connectivity index (χ1v) is 10.3. The third-order valence-electron chi connectivity index (χ3n) is 4.41. The van der Waals surface area contributed by atoms with Crippen LogP contribution in [0.5, 0.6) is 5.75 Å². The van der Waals surface area contributed by atoms with Crippen LogP contribution in [0.3, 0.4) is 0 Å². The normalized spacial score (nSPS) is 12.4. The molecule has 1 unspecified atom stereocenters. The van der Waals surface area contributed by atoms with Gasteiger partial charge >= 0.3 is 5.97 Å². The monoisotopic (exact) mass is 438 g/mol. The maximum Gasteiger partial charge on any atom is 0.333 e. The van der Waals surface area contributed by atoms with Crippen molar-refractivity contribution in [2.75, 3.05) is 13.2 Å². The fourth-order valence-electron chi connectivity index (χ4n) is 2.91. The lowest BCUT2D eigenvalue weighted by Crippen LogP contribution is -2.26. The van der Waals surface area contributed by atoms with E-state index in [4.69, 9.17) is 18.7 Å². The molecule has 1 aromatic heterocycles. The van der Waals surface area contributed by atoms with Crippen LogP contribution in [0, 0.1) is 0 Å². The van der Waals surface area contributed by atoms with Crippen LogP contribution < -0.4 is 10.2 Å². The summed E-state index contributed by atoms with van der Waals surface area (Å²) in [6.07, 6.45) is 2.32. The van der Waals surface area contributed by atoms with Gasteiger partial charge in [0.15, 0.2) is 11.8 Å². The highest BCUT2D eigenvalue weighted by Crippen LogP contribution is 2.22. The Balaban J connectivity index is 1.77. The number of hydroxylamine groups is 1. The number of aromatic nitrogens is 1. The van der Waals surface area contributed by atoms with Gasteiger partial charge in [-0.3, -0.25) is 10.3 Å². The number of benzene rings is 2. The second kappa shape index (κ2) is 11.7. The summed E-state index contributed by atoms with van der Waals surface area (Å²) in [5.41, 5.74) is 5.57. The Morgan fingerprint density at radius 1 is 1.16 bits per heavy atom. The Morgan fingerprint density at radius 3 is 2.69 bits per heavy atom. The predicted molar refractivity (Wildman–Crippen MR) is 119 cm³/mol. The van der Waals surface area contributed by atoms with Gasteiger partial charge in [-0.15, -0.1) is 0 Å². The third kappa shape index (κ3) is 6.44. The second-order valence-electron chi connectivity index (χ2n) is 6.72. The molecule has 168 valence electrons. The average Bonchev–Trinajstić information content (AvgIpc) is 3.30. The number of carbonyl (C=O) groups is 1. The Labute approximate surface area is 186 Å². The maximum absolute atomic E-state index is 11.4. The van der Waals surface area contributed by atoms with Crippen LogP contribution in [0.15, 0.2) is 71.5 Å². The highest BCUT2D eigenvalue weighted by atomic mass is 16.6. The largest absolute Gasteiger partial charge is 0.479 e. The van der Waals surface area contributed by atoms with Crippen molar-refractivity contribution in [1.82, 2.24) is 10.5 Å². The zero-order valence-corrected chi connectivity index (χ0v) is 18.0. The first kappa shape index (κ1) is 23.1. The standard InChI is InChI=1S/C24H26N2O6/c1-3-29-22(24(27)28)14-17-9-8-12-19(13-17)30-16-21(26-32-4-2)23-25-20(15-31-23)18-10-6-5-7-11-18/h5-13,15-16,22,26H,3-4,14H2,1-2H3,(H,27,28). The Kier molecular flexibility index (Phi) is 8.42. The van der Waals surface area contributed by atoms with Gasteiger partial charge in [-0.05, 0) is 31.5 Å². The fourth-order valence-corrected chi connectivity index (χ4v) is 2.91. The van der Waals surface area contributed by atoms with E-state index in [9.17, 15) is 9.90 Å². The van der Waals surface area contributed by atoms with Crippen LogP contribution in [-0.2, 0) is 20.8 Å². The predicted octanol–water partition coefficient (Wildman–Crippen LogP) is 4.29. The summed E-state index contributed by atoms with van der Waals surface area (Å²) in [5, 5.41) is 9.30. The van der Waals surface area contributed by atoms with Crippen LogP contribution >= 0.6 is 0 Å². The molecule has 0 aliphatic rings. The lowest BCUT2D eigenvalue weighted by Gasteiger charge is -2.13. The molecule has 8 nitrogen and oxygen atoms in total. The number of carboxylic acids is 1. The van der Waals surface area contributed by atoms with Crippen molar-refractivity contribution in [2.24, 2.45) is 0 Å². The van der Waals surface area contributed by atoms with Crippen molar-refractivity contribution in [1.29, 1.82) is 0 Å². The van der Waals surface area contributed by atoms with Gasteiger partial charge in [0, 0.05) is 18.6 Å². The summed E-state index contributed by atoms with van der Waals surface area (Å²) in [4.78, 5) is 21.2. The molecule has 0 bridgehead atoms. The number of nitrogens with one attached hydrogen (secondary N) is 1. The molecule has 0 saturated heterocycles. The third-order valence-corrected chi connectivity index (χ3v) is 4.41. The highest BCUT2D eigenvalue weighted by Gasteiger charge is 2.18. The molecular weight excluding hydrogens is 412 g/mol. The topological polar surface area (TPSA) is 103 Å². The molecule has 0 aliphatic heterocycles. The Hall–Kier alpha value is -3.62. The van der Waals surface area contributed by atoms with E-state index in [0.29, 0.717) is 36.2 Å². The van der Waals surface area contributed by atoms with Crippen LogP contribution in [0.4, 0.5) is 0 Å². The maximum atomic E-state index is 11.4. The second-order valence-corrected chi connectivity index (χ2v) is 6.72. The molecule has 0 radical (unpaired) electrons. The smallest absolute Gasteiger partial charge is 0.333 e. The summed E-state index contributed by atoms with van der Waals surface area (Å²) < 4.78 is 16.7. The highest BCUT2D eigenvalue weighted by molar-refractivity contribution is 5.72. The zero-order chi connectivity index (χ0) is 22.8. The van der Waals surface area contributed by atoms with E-state index in [1.165, 1.54) is 6.26 Å². The molecule has 0 amide bonds. The quantitative estimate of drug-likeness (QED) is 0.319. The molecule has 3 rings (SSSR count). The molecule has 8 heteroatoms. The van der Waals surface area contributed by atoms with Crippen molar-refractivity contribution in [3.05, 3.63) is 78.6 Å². The van der Waals surface area contributed by atoms with Gasteiger partial charge in [0.2, 0.25) is 5.89 Å². The Bertz CT molecular complexity index is 1030. The minimum atomic E-state index is -1.00. The minimum Gasteiger partial charge on any atom is -0.479 e. The molecule has 2 aromatic carbocycles. The van der Waals surface area contributed by atoms with E-state index >= 15 is 0 Å². The number of hydrogen-bond acceptors (Lipinski definition) is 7. The first-order chi connectivity index (χ1) is 15.6. The lowest BCUT2D eigenvalue weighted by atomic mass is 10.1. The average molecular weight is 438 g/mol. The van der Waals surface area contributed by atoms with Crippen molar-refractivity contribution in [3.8, 4) is 17.0 Å². The number of hydrogen-bond donors (Lipinski definition) is 2. The molecule has 3 aromatic rings. The van der Waals surface area contributed by atoms with Crippen molar-refractivity contribution in [2.45, 2.75) is 26.4 Å². The van der Waals surface area contributed by atoms with E-state index in [1.54, 1.807) is 31.4 Å². The van der Waals surface area contributed by atoms with E-state index in [0.717, 1.165) is 11.1 Å². The lowest BCUT2D eigenvalue weighted by molar-refractivity contribution is -0.149. The number of rotatable bonds is 12. The number of carboxylic acid groups (broad SMARTS) is 1. The van der Waals surface area contributed by atoms with Crippen LogP contribution in [0.2, 0.25) is 0 Å². The fraction of sp³-hybridized carbons (Fsp3) is 0.250. The van der Waals surface area contributed by atoms with Gasteiger partial charge in [-0.25, -0.2) is 9.78 Å². The van der Waals surface area contributed by atoms with E-state index in [2.05, 4.69) is 10.5 Å². The van der Waals surface area contributed by atoms with Gasteiger partial charge in [0.1, 0.15) is 24.0 Å². The molecule has 2 N–H and O–H groups in total. The number of nitrogens with zero attached hydrogens (tertiary/aromatic N) is 1. The van der Waals surface area contributed by atoms with Crippen molar-refractivity contribution >= 4 is 11.7 Å². The molecule has 1 atom stereocenters. The van der Waals surface area contributed by atoms with Crippen LogP contribution in [0.1, 0.15) is 25.3 Å². The van der Waals surface area contributed by atoms with Crippen LogP contribution in [0.25, 0.3) is 17.0 Å². The van der Waals surface area contributed by atoms with Crippen LogP contribution in [-0.4, -0.2) is 35.4 Å². The zero-order valence-electron chi connectivity index (χ0n) is 18.0. The molecule has 1 heterocycles. The molecular formula is C24H26N2O6. The molecule has 0 fully saturated rings. The SMILES string of the molecule is CCONC(=COc1cccc(CC(OCC)C(=O)O)c1)c1nc(-c2ccccc2)co1. The van der Waals surface area contributed by atoms with Gasteiger partial charge < -0.3 is 19.0 Å². The first-order valence-electron chi connectivity index (χ1n) is 10.3. The molecule has 32 heavy (non-hydrogen) atoms. The van der Waals surface area contributed by atoms with Gasteiger partial charge in [0.25, 0.3) is 0 Å². The van der Waals surface area contributed by atoms with Crippen molar-refractivity contribution in [3.63, 3.8) is 0 Å². The van der Waals surface area contributed by atoms with Crippen molar-refractivity contribution < 1.29 is 28.6 Å². The Morgan fingerprint density at radius 2 is 1.97 bits per heavy atom. The summed E-state index contributed by atoms with van der Waals surface area (Å²) in [5.74, 6) is -0.177. The van der Waals surface area contributed by atoms with Gasteiger partial charge in [-0.2, -0.15) is 0 Å². The van der Waals surface area contributed by atoms with E-state index in [1.807, 2.05) is 43.3 Å².